The maximum absolute atomic E-state index is 3.90. The summed E-state index contributed by atoms with van der Waals surface area (Å²) in [5, 5.41) is 6.19. The maximum Gasteiger partial charge on any atom is 0.0358 e. The third-order valence-corrected chi connectivity index (χ3v) is 4.42. The number of hydrogen-bond acceptors (Lipinski definition) is 2. The van der Waals surface area contributed by atoms with Gasteiger partial charge in [0.15, 0.2) is 0 Å². The highest BCUT2D eigenvalue weighted by Crippen LogP contribution is 2.31. The minimum absolute atomic E-state index is 0.496. The fourth-order valence-corrected chi connectivity index (χ4v) is 3.35. The Balaban J connectivity index is 1.98. The van der Waals surface area contributed by atoms with E-state index in [0.29, 0.717) is 6.04 Å². The van der Waals surface area contributed by atoms with Gasteiger partial charge in [-0.15, -0.1) is 6.58 Å². The second kappa shape index (κ2) is 6.88. The molecule has 110 valence electrons. The van der Waals surface area contributed by atoms with Gasteiger partial charge in [0, 0.05) is 32.2 Å². The maximum atomic E-state index is 3.90. The van der Waals surface area contributed by atoms with E-state index in [4.69, 9.17) is 0 Å². The molecule has 1 aliphatic heterocycles. The summed E-state index contributed by atoms with van der Waals surface area (Å²) in [5.74, 6) is 0. The van der Waals surface area contributed by atoms with Crippen molar-refractivity contribution in [3.05, 3.63) is 60.7 Å². The molecule has 2 aromatic rings. The SMILES string of the molecule is C=CCC[C@H](c1cccc2ccccc12)N1CCNCC1. The molecule has 2 heteroatoms. The van der Waals surface area contributed by atoms with Crippen LogP contribution in [0.5, 0.6) is 0 Å². The standard InChI is InChI=1S/C19H24N2/c1-2-3-11-19(21-14-12-20-13-15-21)18-10-6-8-16-7-4-5-9-17(16)18/h2,4-10,19-20H,1,3,11-15H2/t19-/m1/s1. The number of nitrogens with one attached hydrogen (secondary N) is 1. The highest BCUT2D eigenvalue weighted by Gasteiger charge is 2.22. The number of rotatable bonds is 5. The van der Waals surface area contributed by atoms with Gasteiger partial charge in [-0.2, -0.15) is 0 Å². The molecule has 2 nitrogen and oxygen atoms in total. The monoisotopic (exact) mass is 280 g/mol. The summed E-state index contributed by atoms with van der Waals surface area (Å²) >= 11 is 0. The molecule has 1 fully saturated rings. The number of hydrogen-bond donors (Lipinski definition) is 1. The lowest BCUT2D eigenvalue weighted by molar-refractivity contribution is 0.167. The number of piperazine rings is 1. The van der Waals surface area contributed by atoms with Gasteiger partial charge >= 0.3 is 0 Å². The lowest BCUT2D eigenvalue weighted by Crippen LogP contribution is -2.45. The molecule has 0 aromatic heterocycles. The molecular weight excluding hydrogens is 256 g/mol. The smallest absolute Gasteiger partial charge is 0.0358 e. The predicted octanol–water partition coefficient (Wildman–Crippen LogP) is 3.75. The lowest BCUT2D eigenvalue weighted by Gasteiger charge is -2.35. The van der Waals surface area contributed by atoms with Crippen LogP contribution in [0.15, 0.2) is 55.1 Å². The molecule has 1 heterocycles. The van der Waals surface area contributed by atoms with Gasteiger partial charge in [-0.1, -0.05) is 48.5 Å². The van der Waals surface area contributed by atoms with Gasteiger partial charge in [0.2, 0.25) is 0 Å². The van der Waals surface area contributed by atoms with E-state index in [1.807, 2.05) is 6.08 Å². The highest BCUT2D eigenvalue weighted by atomic mass is 15.2. The molecule has 2 aromatic carbocycles. The zero-order valence-corrected chi connectivity index (χ0v) is 12.6. The van der Waals surface area contributed by atoms with Crippen LogP contribution in [0.3, 0.4) is 0 Å². The van der Waals surface area contributed by atoms with E-state index in [1.165, 1.54) is 16.3 Å². The third kappa shape index (κ3) is 3.17. The number of nitrogens with zero attached hydrogens (tertiary/aromatic N) is 1. The average molecular weight is 280 g/mol. The van der Waals surface area contributed by atoms with E-state index >= 15 is 0 Å². The summed E-state index contributed by atoms with van der Waals surface area (Å²) < 4.78 is 0. The van der Waals surface area contributed by atoms with Crippen LogP contribution in [0.4, 0.5) is 0 Å². The van der Waals surface area contributed by atoms with Crippen LogP contribution in [0.25, 0.3) is 10.8 Å². The van der Waals surface area contributed by atoms with Gasteiger partial charge in [-0.3, -0.25) is 4.90 Å². The summed E-state index contributed by atoms with van der Waals surface area (Å²) in [4.78, 5) is 2.63. The Morgan fingerprint density at radius 2 is 1.86 bits per heavy atom. The van der Waals surface area contributed by atoms with Crippen LogP contribution in [-0.2, 0) is 0 Å². The van der Waals surface area contributed by atoms with E-state index in [1.54, 1.807) is 0 Å². The Kier molecular flexibility index (Phi) is 4.69. The second-order valence-electron chi connectivity index (χ2n) is 5.74. The van der Waals surface area contributed by atoms with Crippen molar-refractivity contribution in [1.29, 1.82) is 0 Å². The normalized spacial score (nSPS) is 17.7. The van der Waals surface area contributed by atoms with Gasteiger partial charge in [0.05, 0.1) is 0 Å². The molecule has 0 unspecified atom stereocenters. The molecule has 0 bridgehead atoms. The molecule has 1 N–H and O–H groups in total. The molecule has 1 aliphatic rings. The van der Waals surface area contributed by atoms with Crippen molar-refractivity contribution in [2.75, 3.05) is 26.2 Å². The third-order valence-electron chi connectivity index (χ3n) is 4.42. The van der Waals surface area contributed by atoms with Crippen LogP contribution in [0, 0.1) is 0 Å². The van der Waals surface area contributed by atoms with Gasteiger partial charge in [0.1, 0.15) is 0 Å². The van der Waals surface area contributed by atoms with Crippen LogP contribution in [0.2, 0.25) is 0 Å². The summed E-state index contributed by atoms with van der Waals surface area (Å²) in [6.45, 7) is 8.35. The first kappa shape index (κ1) is 14.3. The van der Waals surface area contributed by atoms with Crippen LogP contribution >= 0.6 is 0 Å². The Morgan fingerprint density at radius 1 is 1.10 bits per heavy atom. The van der Waals surface area contributed by atoms with Crippen LogP contribution in [0.1, 0.15) is 24.4 Å². The van der Waals surface area contributed by atoms with E-state index in [0.717, 1.165) is 39.0 Å². The Morgan fingerprint density at radius 3 is 2.67 bits per heavy atom. The molecule has 3 rings (SSSR count). The molecule has 0 radical (unpaired) electrons. The average Bonchev–Trinajstić information content (AvgIpc) is 2.56. The zero-order valence-electron chi connectivity index (χ0n) is 12.6. The van der Waals surface area contributed by atoms with Crippen molar-refractivity contribution in [2.24, 2.45) is 0 Å². The Labute approximate surface area is 127 Å². The second-order valence-corrected chi connectivity index (χ2v) is 5.74. The molecular formula is C19H24N2. The van der Waals surface area contributed by atoms with Gasteiger partial charge in [-0.05, 0) is 29.2 Å². The van der Waals surface area contributed by atoms with Crippen molar-refractivity contribution in [3.63, 3.8) is 0 Å². The first-order valence-electron chi connectivity index (χ1n) is 7.93. The lowest BCUT2D eigenvalue weighted by atomic mass is 9.94. The van der Waals surface area contributed by atoms with E-state index in [2.05, 4.69) is 59.3 Å². The van der Waals surface area contributed by atoms with Crippen molar-refractivity contribution in [3.8, 4) is 0 Å². The molecule has 0 spiro atoms. The fourth-order valence-electron chi connectivity index (χ4n) is 3.35. The van der Waals surface area contributed by atoms with Crippen molar-refractivity contribution in [2.45, 2.75) is 18.9 Å². The van der Waals surface area contributed by atoms with Crippen LogP contribution < -0.4 is 5.32 Å². The van der Waals surface area contributed by atoms with Gasteiger partial charge < -0.3 is 5.32 Å². The topological polar surface area (TPSA) is 15.3 Å². The minimum atomic E-state index is 0.496. The van der Waals surface area contributed by atoms with Crippen molar-refractivity contribution < 1.29 is 0 Å². The van der Waals surface area contributed by atoms with E-state index in [9.17, 15) is 0 Å². The Hall–Kier alpha value is -1.64. The van der Waals surface area contributed by atoms with Crippen molar-refractivity contribution >= 4 is 10.8 Å². The molecule has 0 amide bonds. The summed E-state index contributed by atoms with van der Waals surface area (Å²) in [6, 6.07) is 15.9. The van der Waals surface area contributed by atoms with E-state index in [-0.39, 0.29) is 0 Å². The van der Waals surface area contributed by atoms with Gasteiger partial charge in [0.25, 0.3) is 0 Å². The zero-order chi connectivity index (χ0) is 14.5. The fraction of sp³-hybridized carbons (Fsp3) is 0.368. The van der Waals surface area contributed by atoms with Gasteiger partial charge in [-0.25, -0.2) is 0 Å². The molecule has 1 atom stereocenters. The minimum Gasteiger partial charge on any atom is -0.314 e. The first-order chi connectivity index (χ1) is 10.4. The predicted molar refractivity (Wildman–Crippen MR) is 90.6 cm³/mol. The molecule has 0 saturated carbocycles. The van der Waals surface area contributed by atoms with E-state index < -0.39 is 0 Å². The number of benzene rings is 2. The summed E-state index contributed by atoms with van der Waals surface area (Å²) in [5.41, 5.74) is 1.47. The molecule has 1 saturated heterocycles. The summed E-state index contributed by atoms with van der Waals surface area (Å²) in [7, 11) is 0. The molecule has 21 heavy (non-hydrogen) atoms. The first-order valence-corrected chi connectivity index (χ1v) is 7.93. The Bertz CT molecular complexity index is 594. The molecule has 0 aliphatic carbocycles. The van der Waals surface area contributed by atoms with Crippen LogP contribution in [-0.4, -0.2) is 31.1 Å². The highest BCUT2D eigenvalue weighted by molar-refractivity contribution is 5.86. The summed E-state index contributed by atoms with van der Waals surface area (Å²) in [6.07, 6.45) is 4.26. The number of fused-ring (bicyclic) bond motifs is 1. The largest absolute Gasteiger partial charge is 0.314 e. The number of allylic oxidation sites excluding steroid dienone is 1. The quantitative estimate of drug-likeness (QED) is 0.839. The van der Waals surface area contributed by atoms with Crippen molar-refractivity contribution in [1.82, 2.24) is 10.2 Å².